The van der Waals surface area contributed by atoms with E-state index in [1.54, 1.807) is 7.11 Å². The Morgan fingerprint density at radius 2 is 2.18 bits per heavy atom. The highest BCUT2D eigenvalue weighted by molar-refractivity contribution is 5.70. The van der Waals surface area contributed by atoms with Crippen LogP contribution in [0.4, 0.5) is 0 Å². The van der Waals surface area contributed by atoms with Crippen molar-refractivity contribution in [2.24, 2.45) is 0 Å². The average Bonchev–Trinajstić information content (AvgIpc) is 3.13. The molecule has 1 aromatic rings. The number of aliphatic carboxylic acids is 1. The summed E-state index contributed by atoms with van der Waals surface area (Å²) in [4.78, 5) is 13.3. The van der Waals surface area contributed by atoms with Gasteiger partial charge in [0.15, 0.2) is 11.5 Å². The summed E-state index contributed by atoms with van der Waals surface area (Å²) >= 11 is 0. The zero-order valence-electron chi connectivity index (χ0n) is 13.2. The molecular formula is C17H23NO4. The minimum atomic E-state index is -0.742. The summed E-state index contributed by atoms with van der Waals surface area (Å²) in [5.41, 5.74) is 0.847. The molecule has 1 saturated heterocycles. The summed E-state index contributed by atoms with van der Waals surface area (Å²) in [5, 5.41) is 9.12. The molecule has 0 aromatic heterocycles. The first-order valence-electron chi connectivity index (χ1n) is 7.78. The van der Waals surface area contributed by atoms with Gasteiger partial charge in [0, 0.05) is 18.5 Å². The number of benzene rings is 1. The molecule has 1 unspecified atom stereocenters. The van der Waals surface area contributed by atoms with Crippen LogP contribution < -0.4 is 9.47 Å². The van der Waals surface area contributed by atoms with E-state index in [4.69, 9.17) is 14.6 Å². The maximum Gasteiger partial charge on any atom is 0.304 e. The van der Waals surface area contributed by atoms with E-state index in [-0.39, 0.29) is 17.9 Å². The van der Waals surface area contributed by atoms with Crippen molar-refractivity contribution in [2.75, 3.05) is 27.2 Å². The van der Waals surface area contributed by atoms with Crippen LogP contribution in [-0.2, 0) is 10.2 Å². The Bertz CT molecular complexity index is 568. The largest absolute Gasteiger partial charge is 0.493 e. The number of ether oxygens (including phenoxy) is 2. The monoisotopic (exact) mass is 305 g/mol. The zero-order valence-corrected chi connectivity index (χ0v) is 13.2. The van der Waals surface area contributed by atoms with Gasteiger partial charge in [-0.05, 0) is 44.0 Å². The Balaban J connectivity index is 1.82. The molecule has 1 heterocycles. The SMILES string of the molecule is COc1ccc(C2(CC(=O)O)CC2)cc1OC1CCN(C)C1. The van der Waals surface area contributed by atoms with Crippen LogP contribution in [0, 0.1) is 0 Å². The summed E-state index contributed by atoms with van der Waals surface area (Å²) in [6.07, 6.45) is 3.22. The molecule has 5 heteroatoms. The average molecular weight is 305 g/mol. The molecule has 0 spiro atoms. The van der Waals surface area contributed by atoms with E-state index in [1.807, 2.05) is 18.2 Å². The van der Waals surface area contributed by atoms with Crippen LogP contribution in [0.5, 0.6) is 11.5 Å². The Morgan fingerprint density at radius 3 is 2.73 bits per heavy atom. The van der Waals surface area contributed by atoms with Crippen LogP contribution in [-0.4, -0.2) is 49.3 Å². The van der Waals surface area contributed by atoms with Crippen molar-refractivity contribution in [2.45, 2.75) is 37.2 Å². The van der Waals surface area contributed by atoms with E-state index in [0.29, 0.717) is 5.75 Å². The molecular weight excluding hydrogens is 282 g/mol. The number of likely N-dealkylation sites (N-methyl/N-ethyl adjacent to an activating group) is 1. The van der Waals surface area contributed by atoms with Crippen LogP contribution in [0.2, 0.25) is 0 Å². The van der Waals surface area contributed by atoms with Gasteiger partial charge in [-0.1, -0.05) is 6.07 Å². The highest BCUT2D eigenvalue weighted by atomic mass is 16.5. The summed E-state index contributed by atoms with van der Waals surface area (Å²) in [7, 11) is 3.72. The van der Waals surface area contributed by atoms with Crippen molar-refractivity contribution >= 4 is 5.97 Å². The van der Waals surface area contributed by atoms with Gasteiger partial charge in [0.05, 0.1) is 13.5 Å². The summed E-state index contributed by atoms with van der Waals surface area (Å²) < 4.78 is 11.5. The molecule has 2 fully saturated rings. The Labute approximate surface area is 130 Å². The lowest BCUT2D eigenvalue weighted by Gasteiger charge is -2.19. The molecule has 22 heavy (non-hydrogen) atoms. The number of carbonyl (C=O) groups is 1. The van der Waals surface area contributed by atoms with Crippen LogP contribution in [0.3, 0.4) is 0 Å². The number of nitrogens with zero attached hydrogens (tertiary/aromatic N) is 1. The van der Waals surface area contributed by atoms with Crippen LogP contribution in [0.25, 0.3) is 0 Å². The number of likely N-dealkylation sites (tertiary alicyclic amines) is 1. The second-order valence-corrected chi connectivity index (χ2v) is 6.51. The second kappa shape index (κ2) is 5.80. The highest BCUT2D eigenvalue weighted by Crippen LogP contribution is 2.52. The number of hydrogen-bond acceptors (Lipinski definition) is 4. The first kappa shape index (κ1) is 15.2. The third kappa shape index (κ3) is 3.04. The predicted molar refractivity (Wildman–Crippen MR) is 82.7 cm³/mol. The fourth-order valence-corrected chi connectivity index (χ4v) is 3.28. The van der Waals surface area contributed by atoms with Crippen molar-refractivity contribution in [3.05, 3.63) is 23.8 Å². The number of carboxylic acids is 1. The lowest BCUT2D eigenvalue weighted by atomic mass is 9.92. The summed E-state index contributed by atoms with van der Waals surface area (Å²) in [5.74, 6) is 0.703. The topological polar surface area (TPSA) is 59.0 Å². The Kier molecular flexibility index (Phi) is 4.00. The number of methoxy groups -OCH3 is 1. The summed E-state index contributed by atoms with van der Waals surface area (Å²) in [6.45, 7) is 1.95. The zero-order chi connectivity index (χ0) is 15.7. The Morgan fingerprint density at radius 1 is 1.41 bits per heavy atom. The fraction of sp³-hybridized carbons (Fsp3) is 0.588. The maximum absolute atomic E-state index is 11.1. The minimum absolute atomic E-state index is 0.170. The predicted octanol–water partition coefficient (Wildman–Crippen LogP) is 2.28. The molecule has 120 valence electrons. The van der Waals surface area contributed by atoms with Gasteiger partial charge >= 0.3 is 5.97 Å². The van der Waals surface area contributed by atoms with Gasteiger partial charge in [-0.2, -0.15) is 0 Å². The molecule has 0 radical (unpaired) electrons. The van der Waals surface area contributed by atoms with Crippen molar-refractivity contribution in [1.29, 1.82) is 0 Å². The lowest BCUT2D eigenvalue weighted by Crippen LogP contribution is -2.22. The normalized spacial score (nSPS) is 23.3. The third-order valence-corrected chi connectivity index (χ3v) is 4.76. The molecule has 3 rings (SSSR count). The second-order valence-electron chi connectivity index (χ2n) is 6.51. The van der Waals surface area contributed by atoms with E-state index in [9.17, 15) is 4.79 Å². The molecule has 1 aliphatic heterocycles. The van der Waals surface area contributed by atoms with Crippen molar-refractivity contribution in [3.8, 4) is 11.5 Å². The van der Waals surface area contributed by atoms with E-state index < -0.39 is 5.97 Å². The number of carboxylic acid groups (broad SMARTS) is 1. The maximum atomic E-state index is 11.1. The number of rotatable bonds is 6. The quantitative estimate of drug-likeness (QED) is 0.874. The minimum Gasteiger partial charge on any atom is -0.493 e. The number of hydrogen-bond donors (Lipinski definition) is 1. The highest BCUT2D eigenvalue weighted by Gasteiger charge is 2.46. The molecule has 1 atom stereocenters. The molecule has 1 aromatic carbocycles. The third-order valence-electron chi connectivity index (χ3n) is 4.76. The van der Waals surface area contributed by atoms with Gasteiger partial charge < -0.3 is 19.5 Å². The van der Waals surface area contributed by atoms with Gasteiger partial charge in [-0.15, -0.1) is 0 Å². The molecule has 1 saturated carbocycles. The molecule has 5 nitrogen and oxygen atoms in total. The standard InChI is InChI=1S/C17H23NO4/c1-18-8-5-13(11-18)22-15-9-12(3-4-14(15)21-2)17(6-7-17)10-16(19)20/h3-4,9,13H,5-8,10-11H2,1-2H3,(H,19,20). The summed E-state index contributed by atoms with van der Waals surface area (Å²) in [6, 6.07) is 5.85. The smallest absolute Gasteiger partial charge is 0.304 e. The molecule has 1 aliphatic carbocycles. The van der Waals surface area contributed by atoms with Crippen LogP contribution in [0.15, 0.2) is 18.2 Å². The Hall–Kier alpha value is -1.75. The van der Waals surface area contributed by atoms with Crippen molar-refractivity contribution in [3.63, 3.8) is 0 Å². The van der Waals surface area contributed by atoms with Gasteiger partial charge in [0.1, 0.15) is 6.10 Å². The molecule has 1 N–H and O–H groups in total. The van der Waals surface area contributed by atoms with E-state index >= 15 is 0 Å². The van der Waals surface area contributed by atoms with Gasteiger partial charge in [-0.3, -0.25) is 4.79 Å². The first-order chi connectivity index (χ1) is 10.5. The van der Waals surface area contributed by atoms with Gasteiger partial charge in [0.25, 0.3) is 0 Å². The molecule has 0 amide bonds. The van der Waals surface area contributed by atoms with E-state index in [2.05, 4.69) is 11.9 Å². The molecule has 0 bridgehead atoms. The van der Waals surface area contributed by atoms with Crippen LogP contribution >= 0.6 is 0 Å². The van der Waals surface area contributed by atoms with E-state index in [0.717, 1.165) is 43.7 Å². The lowest BCUT2D eigenvalue weighted by molar-refractivity contribution is -0.137. The van der Waals surface area contributed by atoms with E-state index in [1.165, 1.54) is 0 Å². The van der Waals surface area contributed by atoms with Gasteiger partial charge in [-0.25, -0.2) is 0 Å². The van der Waals surface area contributed by atoms with Crippen LogP contribution in [0.1, 0.15) is 31.2 Å². The van der Waals surface area contributed by atoms with Crippen molar-refractivity contribution < 1.29 is 19.4 Å². The fourth-order valence-electron chi connectivity index (χ4n) is 3.28. The molecule has 2 aliphatic rings. The first-order valence-corrected chi connectivity index (χ1v) is 7.78. The van der Waals surface area contributed by atoms with Gasteiger partial charge in [0.2, 0.25) is 0 Å². The van der Waals surface area contributed by atoms with Crippen molar-refractivity contribution in [1.82, 2.24) is 4.90 Å².